The predicted octanol–water partition coefficient (Wildman–Crippen LogP) is 3.19. The number of amides is 2. The highest BCUT2D eigenvalue weighted by molar-refractivity contribution is 5.95. The molecule has 1 heterocycles. The van der Waals surface area contributed by atoms with Gasteiger partial charge in [-0.15, -0.1) is 0 Å². The summed E-state index contributed by atoms with van der Waals surface area (Å²) in [6, 6.07) is 14.0. The SMILES string of the molecule is Cc1ccc(C)c(CC(=O)Nc2ccccc2N2CCC(C(N)=O)CC2)c1. The molecule has 3 rings (SSSR count). The average Bonchev–Trinajstić information content (AvgIpc) is 2.65. The number of hydrogen-bond acceptors (Lipinski definition) is 3. The Hall–Kier alpha value is -2.82. The van der Waals surface area contributed by atoms with Crippen molar-refractivity contribution in [3.05, 3.63) is 59.2 Å². The lowest BCUT2D eigenvalue weighted by atomic mass is 9.96. The lowest BCUT2D eigenvalue weighted by Gasteiger charge is -2.33. The number of hydrogen-bond donors (Lipinski definition) is 2. The second-order valence-corrected chi connectivity index (χ2v) is 7.34. The first-order chi connectivity index (χ1) is 12.9. The molecule has 1 aliphatic heterocycles. The van der Waals surface area contributed by atoms with Crippen molar-refractivity contribution in [3.63, 3.8) is 0 Å². The van der Waals surface area contributed by atoms with Gasteiger partial charge in [0.15, 0.2) is 0 Å². The number of para-hydroxylation sites is 2. The molecule has 0 atom stereocenters. The fourth-order valence-electron chi connectivity index (χ4n) is 3.62. The lowest BCUT2D eigenvalue weighted by molar-refractivity contribution is -0.122. The maximum Gasteiger partial charge on any atom is 0.228 e. The number of nitrogens with one attached hydrogen (secondary N) is 1. The van der Waals surface area contributed by atoms with Crippen LogP contribution in [0.5, 0.6) is 0 Å². The molecule has 0 spiro atoms. The van der Waals surface area contributed by atoms with Crippen LogP contribution in [-0.2, 0) is 16.0 Å². The molecule has 5 heteroatoms. The summed E-state index contributed by atoms with van der Waals surface area (Å²) in [6.45, 7) is 5.58. The first kappa shape index (κ1) is 19.0. The summed E-state index contributed by atoms with van der Waals surface area (Å²) >= 11 is 0. The molecule has 2 amide bonds. The molecule has 0 saturated carbocycles. The third-order valence-electron chi connectivity index (χ3n) is 5.27. The van der Waals surface area contributed by atoms with Crippen LogP contribution in [0.4, 0.5) is 11.4 Å². The van der Waals surface area contributed by atoms with Crippen LogP contribution in [-0.4, -0.2) is 24.9 Å². The van der Waals surface area contributed by atoms with E-state index in [4.69, 9.17) is 5.73 Å². The minimum Gasteiger partial charge on any atom is -0.370 e. The van der Waals surface area contributed by atoms with E-state index in [1.54, 1.807) is 0 Å². The van der Waals surface area contributed by atoms with E-state index in [2.05, 4.69) is 28.4 Å². The fraction of sp³-hybridized carbons (Fsp3) is 0.364. The summed E-state index contributed by atoms with van der Waals surface area (Å²) in [4.78, 5) is 26.2. The van der Waals surface area contributed by atoms with Crippen LogP contribution in [0.15, 0.2) is 42.5 Å². The van der Waals surface area contributed by atoms with Gasteiger partial charge in [-0.3, -0.25) is 9.59 Å². The Bertz CT molecular complexity index is 839. The van der Waals surface area contributed by atoms with E-state index in [0.717, 1.165) is 54.0 Å². The van der Waals surface area contributed by atoms with E-state index in [9.17, 15) is 9.59 Å². The van der Waals surface area contributed by atoms with Crippen LogP contribution in [0.25, 0.3) is 0 Å². The number of aryl methyl sites for hydroxylation is 2. The summed E-state index contributed by atoms with van der Waals surface area (Å²) in [5.41, 5.74) is 10.6. The third-order valence-corrected chi connectivity index (χ3v) is 5.27. The number of benzene rings is 2. The van der Waals surface area contributed by atoms with Crippen molar-refractivity contribution < 1.29 is 9.59 Å². The smallest absolute Gasteiger partial charge is 0.228 e. The number of nitrogens with zero attached hydrogens (tertiary/aromatic N) is 1. The van der Waals surface area contributed by atoms with Crippen molar-refractivity contribution >= 4 is 23.2 Å². The number of anilines is 2. The van der Waals surface area contributed by atoms with E-state index >= 15 is 0 Å². The highest BCUT2D eigenvalue weighted by Crippen LogP contribution is 2.30. The molecule has 0 bridgehead atoms. The first-order valence-corrected chi connectivity index (χ1v) is 9.43. The average molecular weight is 365 g/mol. The molecule has 27 heavy (non-hydrogen) atoms. The molecule has 142 valence electrons. The maximum atomic E-state index is 12.6. The van der Waals surface area contributed by atoms with E-state index in [0.29, 0.717) is 6.42 Å². The number of carbonyl (C=O) groups excluding carboxylic acids is 2. The van der Waals surface area contributed by atoms with Gasteiger partial charge in [0.25, 0.3) is 0 Å². The van der Waals surface area contributed by atoms with Crippen molar-refractivity contribution in [1.82, 2.24) is 0 Å². The molecule has 0 radical (unpaired) electrons. The zero-order valence-electron chi connectivity index (χ0n) is 16.0. The molecular formula is C22H27N3O2. The van der Waals surface area contributed by atoms with Gasteiger partial charge in [-0.1, -0.05) is 35.9 Å². The molecule has 0 aliphatic carbocycles. The molecule has 1 fully saturated rings. The second kappa shape index (κ2) is 8.25. The van der Waals surface area contributed by atoms with Gasteiger partial charge in [-0.25, -0.2) is 0 Å². The Morgan fingerprint density at radius 3 is 2.52 bits per heavy atom. The zero-order valence-corrected chi connectivity index (χ0v) is 16.0. The quantitative estimate of drug-likeness (QED) is 0.854. The topological polar surface area (TPSA) is 75.4 Å². The summed E-state index contributed by atoms with van der Waals surface area (Å²) in [5.74, 6) is -0.291. The molecule has 1 aliphatic rings. The van der Waals surface area contributed by atoms with E-state index in [1.165, 1.54) is 0 Å². The van der Waals surface area contributed by atoms with E-state index in [-0.39, 0.29) is 17.7 Å². The van der Waals surface area contributed by atoms with Crippen molar-refractivity contribution in [2.75, 3.05) is 23.3 Å². The minimum atomic E-state index is -0.218. The molecule has 0 unspecified atom stereocenters. The van der Waals surface area contributed by atoms with Crippen LogP contribution >= 0.6 is 0 Å². The van der Waals surface area contributed by atoms with Crippen molar-refractivity contribution in [1.29, 1.82) is 0 Å². The Morgan fingerprint density at radius 2 is 1.81 bits per heavy atom. The van der Waals surface area contributed by atoms with Gasteiger partial charge in [0.05, 0.1) is 17.8 Å². The molecule has 2 aromatic carbocycles. The third kappa shape index (κ3) is 4.67. The van der Waals surface area contributed by atoms with Crippen LogP contribution in [0.2, 0.25) is 0 Å². The van der Waals surface area contributed by atoms with Gasteiger partial charge < -0.3 is 16.0 Å². The molecule has 0 aromatic heterocycles. The highest BCUT2D eigenvalue weighted by Gasteiger charge is 2.24. The maximum absolute atomic E-state index is 12.6. The summed E-state index contributed by atoms with van der Waals surface area (Å²) < 4.78 is 0. The van der Waals surface area contributed by atoms with Gasteiger partial charge in [-0.05, 0) is 49.9 Å². The van der Waals surface area contributed by atoms with Gasteiger partial charge >= 0.3 is 0 Å². The Kier molecular flexibility index (Phi) is 5.79. The lowest BCUT2D eigenvalue weighted by Crippen LogP contribution is -2.38. The van der Waals surface area contributed by atoms with E-state index < -0.39 is 0 Å². The van der Waals surface area contributed by atoms with Crippen molar-refractivity contribution in [2.45, 2.75) is 33.1 Å². The number of rotatable bonds is 5. The number of nitrogens with two attached hydrogens (primary N) is 1. The minimum absolute atomic E-state index is 0.0248. The zero-order chi connectivity index (χ0) is 19.4. The fourth-order valence-corrected chi connectivity index (χ4v) is 3.62. The Morgan fingerprint density at radius 1 is 1.11 bits per heavy atom. The van der Waals surface area contributed by atoms with Crippen LogP contribution in [0.3, 0.4) is 0 Å². The molecule has 5 nitrogen and oxygen atoms in total. The summed E-state index contributed by atoms with van der Waals surface area (Å²) in [6.07, 6.45) is 1.85. The number of carbonyl (C=O) groups is 2. The van der Waals surface area contributed by atoms with Gasteiger partial charge in [0, 0.05) is 19.0 Å². The summed E-state index contributed by atoms with van der Waals surface area (Å²) in [7, 11) is 0. The molecular weight excluding hydrogens is 338 g/mol. The normalized spacial score (nSPS) is 14.8. The monoisotopic (exact) mass is 365 g/mol. The Balaban J connectivity index is 1.70. The second-order valence-electron chi connectivity index (χ2n) is 7.34. The Labute approximate surface area is 160 Å². The van der Waals surface area contributed by atoms with Crippen LogP contribution < -0.4 is 16.0 Å². The highest BCUT2D eigenvalue weighted by atomic mass is 16.2. The van der Waals surface area contributed by atoms with Crippen LogP contribution in [0, 0.1) is 19.8 Å². The molecule has 2 aromatic rings. The molecule has 1 saturated heterocycles. The van der Waals surface area contributed by atoms with Gasteiger partial charge in [0.1, 0.15) is 0 Å². The number of primary amides is 1. The van der Waals surface area contributed by atoms with E-state index in [1.807, 2.05) is 38.1 Å². The summed E-state index contributed by atoms with van der Waals surface area (Å²) in [5, 5.41) is 3.06. The standard InChI is InChI=1S/C22H27N3O2/c1-15-7-8-16(2)18(13-15)14-21(26)24-19-5-3-4-6-20(19)25-11-9-17(10-12-25)22(23)27/h3-8,13,17H,9-12,14H2,1-2H3,(H2,23,27)(H,24,26). The number of piperidine rings is 1. The predicted molar refractivity (Wildman–Crippen MR) is 109 cm³/mol. The van der Waals surface area contributed by atoms with Crippen LogP contribution in [0.1, 0.15) is 29.5 Å². The first-order valence-electron chi connectivity index (χ1n) is 9.43. The van der Waals surface area contributed by atoms with Gasteiger partial charge in [-0.2, -0.15) is 0 Å². The molecule has 3 N–H and O–H groups in total. The van der Waals surface area contributed by atoms with Gasteiger partial charge in [0.2, 0.25) is 11.8 Å². The van der Waals surface area contributed by atoms with Crippen molar-refractivity contribution in [2.24, 2.45) is 11.7 Å². The van der Waals surface area contributed by atoms with Crippen molar-refractivity contribution in [3.8, 4) is 0 Å². The largest absolute Gasteiger partial charge is 0.370 e.